The Bertz CT molecular complexity index is 486. The molecule has 2 unspecified atom stereocenters. The molecule has 0 heterocycles. The van der Waals surface area contributed by atoms with E-state index in [1.54, 1.807) is 12.1 Å². The van der Waals surface area contributed by atoms with E-state index in [2.05, 4.69) is 19.2 Å². The van der Waals surface area contributed by atoms with Crippen LogP contribution in [0.1, 0.15) is 46.0 Å². The highest BCUT2D eigenvalue weighted by molar-refractivity contribution is 5.83. The third kappa shape index (κ3) is 3.96. The normalized spacial score (nSPS) is 25.8. The van der Waals surface area contributed by atoms with E-state index >= 15 is 0 Å². The van der Waals surface area contributed by atoms with Gasteiger partial charge in [0.1, 0.15) is 11.4 Å². The predicted octanol–water partition coefficient (Wildman–Crippen LogP) is 4.30. The molecule has 1 fully saturated rings. The summed E-state index contributed by atoms with van der Waals surface area (Å²) in [7, 11) is 0. The third-order valence-electron chi connectivity index (χ3n) is 4.30. The SMILES string of the molecule is CC(C)CC1CCCC(Nc2ccc(F)cc2)(C(=O)O)C1. The first kappa shape index (κ1) is 15.8. The molecule has 0 amide bonds. The second-order valence-electron chi connectivity index (χ2n) is 6.61. The van der Waals surface area contributed by atoms with Crippen LogP contribution in [0.25, 0.3) is 0 Å². The summed E-state index contributed by atoms with van der Waals surface area (Å²) in [4.78, 5) is 11.8. The van der Waals surface area contributed by atoms with E-state index in [1.807, 2.05) is 0 Å². The average Bonchev–Trinajstić information content (AvgIpc) is 2.41. The molecule has 1 aliphatic rings. The van der Waals surface area contributed by atoms with Gasteiger partial charge in [-0.05, 0) is 55.4 Å². The molecule has 1 saturated carbocycles. The molecule has 0 aliphatic heterocycles. The van der Waals surface area contributed by atoms with Crippen LogP contribution in [0.4, 0.5) is 10.1 Å². The fourth-order valence-corrected chi connectivity index (χ4v) is 3.43. The van der Waals surface area contributed by atoms with Crippen LogP contribution in [0.3, 0.4) is 0 Å². The van der Waals surface area contributed by atoms with E-state index in [9.17, 15) is 14.3 Å². The van der Waals surface area contributed by atoms with E-state index < -0.39 is 11.5 Å². The van der Waals surface area contributed by atoms with Gasteiger partial charge in [0.15, 0.2) is 0 Å². The van der Waals surface area contributed by atoms with E-state index in [0.717, 1.165) is 19.3 Å². The summed E-state index contributed by atoms with van der Waals surface area (Å²) < 4.78 is 13.0. The van der Waals surface area contributed by atoms with Gasteiger partial charge >= 0.3 is 5.97 Å². The van der Waals surface area contributed by atoms with Crippen molar-refractivity contribution >= 4 is 11.7 Å². The summed E-state index contributed by atoms with van der Waals surface area (Å²) in [6.07, 6.45) is 4.32. The van der Waals surface area contributed by atoms with Gasteiger partial charge in [0.25, 0.3) is 0 Å². The van der Waals surface area contributed by atoms with Crippen LogP contribution in [0.15, 0.2) is 24.3 Å². The van der Waals surface area contributed by atoms with Crippen molar-refractivity contribution in [1.29, 1.82) is 0 Å². The fraction of sp³-hybridized carbons (Fsp3) is 0.588. The third-order valence-corrected chi connectivity index (χ3v) is 4.30. The Morgan fingerprint density at radius 3 is 2.67 bits per heavy atom. The van der Waals surface area contributed by atoms with Crippen molar-refractivity contribution in [2.24, 2.45) is 11.8 Å². The molecule has 0 aromatic heterocycles. The minimum absolute atomic E-state index is 0.314. The van der Waals surface area contributed by atoms with Crippen molar-refractivity contribution in [2.75, 3.05) is 5.32 Å². The van der Waals surface area contributed by atoms with Gasteiger partial charge in [0.05, 0.1) is 0 Å². The van der Waals surface area contributed by atoms with Gasteiger partial charge in [0.2, 0.25) is 0 Å². The minimum atomic E-state index is -0.921. The molecule has 2 N–H and O–H groups in total. The number of carbonyl (C=O) groups is 1. The van der Waals surface area contributed by atoms with Crippen LogP contribution >= 0.6 is 0 Å². The van der Waals surface area contributed by atoms with Crippen molar-refractivity contribution in [3.8, 4) is 0 Å². The quantitative estimate of drug-likeness (QED) is 0.851. The second kappa shape index (κ2) is 6.46. The Morgan fingerprint density at radius 2 is 2.10 bits per heavy atom. The molecule has 2 atom stereocenters. The first-order chi connectivity index (χ1) is 9.91. The fourth-order valence-electron chi connectivity index (χ4n) is 3.43. The Morgan fingerprint density at radius 1 is 1.43 bits per heavy atom. The lowest BCUT2D eigenvalue weighted by Gasteiger charge is -2.39. The smallest absolute Gasteiger partial charge is 0.329 e. The summed E-state index contributed by atoms with van der Waals surface area (Å²) in [5.74, 6) is -0.111. The molecule has 0 bridgehead atoms. The Hall–Kier alpha value is -1.58. The van der Waals surface area contributed by atoms with Crippen LogP contribution in [-0.4, -0.2) is 16.6 Å². The van der Waals surface area contributed by atoms with E-state index in [0.29, 0.717) is 30.4 Å². The van der Waals surface area contributed by atoms with Crippen molar-refractivity contribution in [1.82, 2.24) is 0 Å². The minimum Gasteiger partial charge on any atom is -0.480 e. The summed E-state index contributed by atoms with van der Waals surface area (Å²) in [5.41, 5.74) is -0.251. The lowest BCUT2D eigenvalue weighted by molar-refractivity contribution is -0.144. The highest BCUT2D eigenvalue weighted by Gasteiger charge is 2.43. The van der Waals surface area contributed by atoms with Gasteiger partial charge in [-0.25, -0.2) is 9.18 Å². The van der Waals surface area contributed by atoms with Gasteiger partial charge in [0, 0.05) is 5.69 Å². The zero-order valence-electron chi connectivity index (χ0n) is 12.7. The largest absolute Gasteiger partial charge is 0.480 e. The number of nitrogens with one attached hydrogen (secondary N) is 1. The Kier molecular flexibility index (Phi) is 4.86. The van der Waals surface area contributed by atoms with Crippen LogP contribution in [0, 0.1) is 17.7 Å². The molecule has 4 heteroatoms. The number of hydrogen-bond donors (Lipinski definition) is 2. The zero-order valence-corrected chi connectivity index (χ0v) is 12.7. The molecule has 21 heavy (non-hydrogen) atoms. The highest BCUT2D eigenvalue weighted by Crippen LogP contribution is 2.38. The van der Waals surface area contributed by atoms with Crippen LogP contribution in [0.2, 0.25) is 0 Å². The van der Waals surface area contributed by atoms with Crippen LogP contribution < -0.4 is 5.32 Å². The highest BCUT2D eigenvalue weighted by atomic mass is 19.1. The molecule has 0 spiro atoms. The zero-order chi connectivity index (χ0) is 15.5. The lowest BCUT2D eigenvalue weighted by atomic mass is 9.73. The molecule has 1 aromatic carbocycles. The summed E-state index contributed by atoms with van der Waals surface area (Å²) in [6, 6.07) is 5.91. The van der Waals surface area contributed by atoms with Gasteiger partial charge in [-0.1, -0.05) is 26.7 Å². The van der Waals surface area contributed by atoms with E-state index in [4.69, 9.17) is 0 Å². The van der Waals surface area contributed by atoms with Gasteiger partial charge in [-0.15, -0.1) is 0 Å². The number of carboxylic acids is 1. The van der Waals surface area contributed by atoms with Crippen LogP contribution in [0.5, 0.6) is 0 Å². The number of aliphatic carboxylic acids is 1. The van der Waals surface area contributed by atoms with E-state index in [1.165, 1.54) is 12.1 Å². The predicted molar refractivity (Wildman–Crippen MR) is 81.8 cm³/mol. The summed E-state index contributed by atoms with van der Waals surface area (Å²) in [5, 5.41) is 12.9. The number of rotatable bonds is 5. The molecule has 3 nitrogen and oxygen atoms in total. The maximum absolute atomic E-state index is 13.0. The maximum Gasteiger partial charge on any atom is 0.329 e. The topological polar surface area (TPSA) is 49.3 Å². The summed E-state index contributed by atoms with van der Waals surface area (Å²) in [6.45, 7) is 4.34. The molecular formula is C17H24FNO2. The molecule has 0 saturated heterocycles. The van der Waals surface area contributed by atoms with Gasteiger partial charge < -0.3 is 10.4 Å². The molecule has 1 aromatic rings. The Balaban J connectivity index is 2.16. The second-order valence-corrected chi connectivity index (χ2v) is 6.61. The number of carboxylic acid groups (broad SMARTS) is 1. The van der Waals surface area contributed by atoms with E-state index in [-0.39, 0.29) is 5.82 Å². The first-order valence-electron chi connectivity index (χ1n) is 7.68. The lowest BCUT2D eigenvalue weighted by Crippen LogP contribution is -2.50. The van der Waals surface area contributed by atoms with Crippen molar-refractivity contribution in [2.45, 2.75) is 51.5 Å². The molecule has 2 rings (SSSR count). The monoisotopic (exact) mass is 293 g/mol. The van der Waals surface area contributed by atoms with Gasteiger partial charge in [-0.2, -0.15) is 0 Å². The number of halogens is 1. The number of hydrogen-bond acceptors (Lipinski definition) is 2. The van der Waals surface area contributed by atoms with Gasteiger partial charge in [-0.3, -0.25) is 0 Å². The molecule has 0 radical (unpaired) electrons. The van der Waals surface area contributed by atoms with Crippen LogP contribution in [-0.2, 0) is 4.79 Å². The average molecular weight is 293 g/mol. The summed E-state index contributed by atoms with van der Waals surface area (Å²) >= 11 is 0. The Labute approximate surface area is 125 Å². The molecular weight excluding hydrogens is 269 g/mol. The standard InChI is InChI=1S/C17H24FNO2/c1-12(2)10-13-4-3-9-17(11-13,16(20)21)19-15-7-5-14(18)6-8-15/h5-8,12-13,19H,3-4,9-11H2,1-2H3,(H,20,21). The number of benzene rings is 1. The maximum atomic E-state index is 13.0. The number of anilines is 1. The van der Waals surface area contributed by atoms with Crippen molar-refractivity contribution in [3.05, 3.63) is 30.1 Å². The van der Waals surface area contributed by atoms with Crippen molar-refractivity contribution < 1.29 is 14.3 Å². The molecule has 1 aliphatic carbocycles. The molecule has 116 valence electrons. The first-order valence-corrected chi connectivity index (χ1v) is 7.68. The van der Waals surface area contributed by atoms with Crippen molar-refractivity contribution in [3.63, 3.8) is 0 Å².